The summed E-state index contributed by atoms with van der Waals surface area (Å²) in [5, 5.41) is 0. The summed E-state index contributed by atoms with van der Waals surface area (Å²) in [4.78, 5) is 12.4. The van der Waals surface area contributed by atoms with Crippen LogP contribution in [0.4, 0.5) is 0 Å². The Hall–Kier alpha value is -1.14. The largest absolute Gasteiger partial charge is 0.457 e. The fourth-order valence-corrected chi connectivity index (χ4v) is 2.95. The lowest BCUT2D eigenvalue weighted by molar-refractivity contribution is 0.109. The summed E-state index contributed by atoms with van der Waals surface area (Å²) in [5.41, 5.74) is 0. The second kappa shape index (κ2) is 4.39. The van der Waals surface area contributed by atoms with Crippen molar-refractivity contribution in [3.05, 3.63) is 23.7 Å². The van der Waals surface area contributed by atoms with Crippen molar-refractivity contribution in [1.29, 1.82) is 0 Å². The monoisotopic (exact) mass is 243 g/mol. The van der Waals surface area contributed by atoms with Crippen molar-refractivity contribution in [3.8, 4) is 0 Å². The lowest BCUT2D eigenvalue weighted by Crippen LogP contribution is -2.39. The molecule has 2 heterocycles. The zero-order valence-electron chi connectivity index (χ0n) is 8.76. The molecule has 0 amide bonds. The summed E-state index contributed by atoms with van der Waals surface area (Å²) in [7, 11) is -2.84. The van der Waals surface area contributed by atoms with Crippen LogP contribution in [0.1, 0.15) is 16.3 Å². The molecule has 0 N–H and O–H groups in total. The zero-order valence-corrected chi connectivity index (χ0v) is 9.57. The van der Waals surface area contributed by atoms with Gasteiger partial charge in [0.25, 0.3) is 0 Å². The summed E-state index contributed by atoms with van der Waals surface area (Å²) in [6.07, 6.45) is 0.657. The molecular formula is C10H13NO4S. The maximum Gasteiger partial charge on any atom is 0.185 e. The van der Waals surface area contributed by atoms with Crippen LogP contribution in [-0.2, 0) is 16.4 Å². The van der Waals surface area contributed by atoms with E-state index in [0.29, 0.717) is 37.4 Å². The van der Waals surface area contributed by atoms with Gasteiger partial charge in [0, 0.05) is 13.1 Å². The molecule has 0 unspecified atom stereocenters. The highest BCUT2D eigenvalue weighted by Crippen LogP contribution is 2.11. The predicted molar refractivity (Wildman–Crippen MR) is 58.0 cm³/mol. The van der Waals surface area contributed by atoms with Crippen molar-refractivity contribution in [1.82, 2.24) is 4.90 Å². The number of rotatable bonds is 3. The van der Waals surface area contributed by atoms with E-state index >= 15 is 0 Å². The van der Waals surface area contributed by atoms with Crippen molar-refractivity contribution in [2.24, 2.45) is 0 Å². The molecule has 0 radical (unpaired) electrons. The van der Waals surface area contributed by atoms with Crippen LogP contribution in [0, 0.1) is 0 Å². The van der Waals surface area contributed by atoms with Crippen LogP contribution in [0.2, 0.25) is 0 Å². The first-order valence-electron chi connectivity index (χ1n) is 5.06. The van der Waals surface area contributed by atoms with Crippen molar-refractivity contribution in [3.63, 3.8) is 0 Å². The number of carbonyl (C=O) groups excluding carboxylic acids is 1. The number of aldehydes is 1. The van der Waals surface area contributed by atoms with Crippen molar-refractivity contribution in [2.45, 2.75) is 6.54 Å². The van der Waals surface area contributed by atoms with Crippen molar-refractivity contribution >= 4 is 16.1 Å². The van der Waals surface area contributed by atoms with Crippen LogP contribution < -0.4 is 0 Å². The molecule has 0 atom stereocenters. The molecule has 1 aromatic rings. The smallest absolute Gasteiger partial charge is 0.185 e. The number of hydrogen-bond donors (Lipinski definition) is 0. The second-order valence-electron chi connectivity index (χ2n) is 3.85. The Morgan fingerprint density at radius 1 is 1.31 bits per heavy atom. The minimum atomic E-state index is -2.84. The predicted octanol–water partition coefficient (Wildman–Crippen LogP) is 0.323. The third-order valence-electron chi connectivity index (χ3n) is 2.62. The third-order valence-corrected chi connectivity index (χ3v) is 4.22. The van der Waals surface area contributed by atoms with Gasteiger partial charge in [0.2, 0.25) is 0 Å². The van der Waals surface area contributed by atoms with Gasteiger partial charge in [-0.3, -0.25) is 9.69 Å². The molecule has 0 aliphatic carbocycles. The maximum atomic E-state index is 11.2. The average molecular weight is 243 g/mol. The van der Waals surface area contributed by atoms with Gasteiger partial charge in [-0.15, -0.1) is 0 Å². The standard InChI is InChI=1S/C10H13NO4S/c12-8-10-2-1-9(15-10)7-11-3-5-16(13,14)6-4-11/h1-2,8H,3-7H2. The molecule has 88 valence electrons. The molecule has 0 spiro atoms. The molecular weight excluding hydrogens is 230 g/mol. The van der Waals surface area contributed by atoms with Crippen LogP contribution in [0.5, 0.6) is 0 Å². The molecule has 1 aromatic heterocycles. The Labute approximate surface area is 94.0 Å². The van der Waals surface area contributed by atoms with Gasteiger partial charge < -0.3 is 4.42 Å². The average Bonchev–Trinajstić information content (AvgIpc) is 2.69. The van der Waals surface area contributed by atoms with Crippen LogP contribution in [-0.4, -0.2) is 44.2 Å². The topological polar surface area (TPSA) is 67.6 Å². The van der Waals surface area contributed by atoms with Gasteiger partial charge in [-0.1, -0.05) is 0 Å². The Bertz CT molecular complexity index is 463. The Morgan fingerprint density at radius 2 is 2.00 bits per heavy atom. The van der Waals surface area contributed by atoms with Gasteiger partial charge in [-0.05, 0) is 12.1 Å². The number of furan rings is 1. The van der Waals surface area contributed by atoms with E-state index in [1.54, 1.807) is 12.1 Å². The van der Waals surface area contributed by atoms with Crippen LogP contribution in [0.25, 0.3) is 0 Å². The molecule has 1 saturated heterocycles. The highest BCUT2D eigenvalue weighted by atomic mass is 32.2. The van der Waals surface area contributed by atoms with E-state index in [1.807, 2.05) is 4.90 Å². The van der Waals surface area contributed by atoms with E-state index in [2.05, 4.69) is 0 Å². The van der Waals surface area contributed by atoms with Crippen molar-refractivity contribution in [2.75, 3.05) is 24.6 Å². The van der Waals surface area contributed by atoms with Gasteiger partial charge in [0.05, 0.1) is 18.1 Å². The van der Waals surface area contributed by atoms with E-state index in [0.717, 1.165) is 0 Å². The molecule has 0 saturated carbocycles. The molecule has 5 nitrogen and oxygen atoms in total. The summed E-state index contributed by atoms with van der Waals surface area (Å²) >= 11 is 0. The van der Waals surface area contributed by atoms with Crippen molar-refractivity contribution < 1.29 is 17.6 Å². The molecule has 16 heavy (non-hydrogen) atoms. The molecule has 1 aliphatic rings. The minimum absolute atomic E-state index is 0.203. The number of sulfone groups is 1. The highest BCUT2D eigenvalue weighted by molar-refractivity contribution is 7.91. The molecule has 6 heteroatoms. The molecule has 0 aromatic carbocycles. The van der Waals surface area contributed by atoms with E-state index in [-0.39, 0.29) is 11.5 Å². The molecule has 0 bridgehead atoms. The first-order chi connectivity index (χ1) is 7.59. The quantitative estimate of drug-likeness (QED) is 0.715. The third kappa shape index (κ3) is 2.70. The first kappa shape index (κ1) is 11.3. The summed E-state index contributed by atoms with van der Waals surface area (Å²) in [5.74, 6) is 1.41. The summed E-state index contributed by atoms with van der Waals surface area (Å²) < 4.78 is 27.6. The summed E-state index contributed by atoms with van der Waals surface area (Å²) in [6, 6.07) is 3.36. The SMILES string of the molecule is O=Cc1ccc(CN2CCS(=O)(=O)CC2)o1. The molecule has 1 fully saturated rings. The zero-order chi connectivity index (χ0) is 11.6. The highest BCUT2D eigenvalue weighted by Gasteiger charge is 2.22. The maximum absolute atomic E-state index is 11.2. The lowest BCUT2D eigenvalue weighted by Gasteiger charge is -2.25. The van der Waals surface area contributed by atoms with Gasteiger partial charge in [0.1, 0.15) is 5.76 Å². The van der Waals surface area contributed by atoms with Gasteiger partial charge in [0.15, 0.2) is 21.9 Å². The Morgan fingerprint density at radius 3 is 2.56 bits per heavy atom. The van der Waals surface area contributed by atoms with Gasteiger partial charge in [-0.25, -0.2) is 8.42 Å². The lowest BCUT2D eigenvalue weighted by atomic mass is 10.4. The van der Waals surface area contributed by atoms with E-state index in [1.165, 1.54) is 0 Å². The van der Waals surface area contributed by atoms with Crippen LogP contribution >= 0.6 is 0 Å². The Kier molecular flexibility index (Phi) is 3.11. The second-order valence-corrected chi connectivity index (χ2v) is 6.15. The van der Waals surface area contributed by atoms with Crippen LogP contribution in [0.15, 0.2) is 16.5 Å². The molecule has 2 rings (SSSR count). The number of carbonyl (C=O) groups is 1. The minimum Gasteiger partial charge on any atom is -0.457 e. The fourth-order valence-electron chi connectivity index (χ4n) is 1.67. The van der Waals surface area contributed by atoms with Crippen LogP contribution in [0.3, 0.4) is 0 Å². The first-order valence-corrected chi connectivity index (χ1v) is 6.88. The van der Waals surface area contributed by atoms with E-state index in [4.69, 9.17) is 4.42 Å². The Balaban J connectivity index is 1.94. The van der Waals surface area contributed by atoms with E-state index in [9.17, 15) is 13.2 Å². The fraction of sp³-hybridized carbons (Fsp3) is 0.500. The normalized spacial score (nSPS) is 20.8. The number of nitrogens with zero attached hydrogens (tertiary/aromatic N) is 1. The van der Waals surface area contributed by atoms with Gasteiger partial charge >= 0.3 is 0 Å². The van der Waals surface area contributed by atoms with Gasteiger partial charge in [-0.2, -0.15) is 0 Å². The number of hydrogen-bond acceptors (Lipinski definition) is 5. The van der Waals surface area contributed by atoms with E-state index < -0.39 is 9.84 Å². The summed E-state index contributed by atoms with van der Waals surface area (Å²) in [6.45, 7) is 1.61. The molecule has 1 aliphatic heterocycles.